The molecule has 8 nitrogen and oxygen atoms in total. The highest BCUT2D eigenvalue weighted by Crippen LogP contribution is 2.25. The van der Waals surface area contributed by atoms with E-state index in [0.717, 1.165) is 5.75 Å². The third-order valence-corrected chi connectivity index (χ3v) is 5.33. The van der Waals surface area contributed by atoms with Gasteiger partial charge in [0, 0.05) is 19.6 Å². The van der Waals surface area contributed by atoms with E-state index >= 15 is 0 Å². The molecule has 150 valence electrons. The lowest BCUT2D eigenvalue weighted by Crippen LogP contribution is -2.40. The molecule has 2 N–H and O–H groups in total. The fourth-order valence-corrected chi connectivity index (χ4v) is 3.47. The van der Waals surface area contributed by atoms with Crippen molar-refractivity contribution in [2.45, 2.75) is 11.8 Å². The zero-order valence-corrected chi connectivity index (χ0v) is 16.5. The van der Waals surface area contributed by atoms with Crippen molar-refractivity contribution in [3.63, 3.8) is 0 Å². The fourth-order valence-electron chi connectivity index (χ4n) is 2.31. The van der Waals surface area contributed by atoms with Crippen LogP contribution in [0.1, 0.15) is 6.92 Å². The molecule has 2 rings (SSSR count). The first-order valence-corrected chi connectivity index (χ1v) is 9.75. The molecule has 0 fully saturated rings. The quantitative estimate of drug-likeness (QED) is 0.591. The van der Waals surface area contributed by atoms with Crippen molar-refractivity contribution in [3.05, 3.63) is 48.5 Å². The molecule has 0 aliphatic carbocycles. The maximum Gasteiger partial charge on any atom is 0.321 e. The van der Waals surface area contributed by atoms with Crippen molar-refractivity contribution in [3.8, 4) is 17.2 Å². The molecule has 2 aromatic rings. The normalized spacial score (nSPS) is 11.5. The minimum absolute atomic E-state index is 0.262. The first kappa shape index (κ1) is 21.4. The number of hydrogen-bond donors (Lipinski definition) is 2. The molecule has 0 aliphatic heterocycles. The standard InChI is InChI=1S/C19H23N3O5S/c1-3-22(13-12-20-19(24)21-14-23)28(25)18-10-8-17(9-11-18)27-16-6-4-15(26-2)5-7-16/h4-11,14H,3,12-13H2,1-2H3,(H2,20,21,23,24). The Hall–Kier alpha value is -2.91. The highest BCUT2D eigenvalue weighted by atomic mass is 32.2. The molecule has 28 heavy (non-hydrogen) atoms. The van der Waals surface area contributed by atoms with Crippen LogP contribution in [0.4, 0.5) is 4.79 Å². The Balaban J connectivity index is 1.93. The highest BCUT2D eigenvalue weighted by Gasteiger charge is 2.14. The number of carbonyl (C=O) groups is 2. The highest BCUT2D eigenvalue weighted by molar-refractivity contribution is 7.82. The van der Waals surface area contributed by atoms with E-state index in [0.29, 0.717) is 35.9 Å². The molecule has 0 aromatic heterocycles. The number of hydrogen-bond acceptors (Lipinski definition) is 5. The summed E-state index contributed by atoms with van der Waals surface area (Å²) in [5, 5.41) is 4.50. The Morgan fingerprint density at radius 2 is 1.64 bits per heavy atom. The maximum absolute atomic E-state index is 12.7. The van der Waals surface area contributed by atoms with Gasteiger partial charge in [-0.15, -0.1) is 0 Å². The van der Waals surface area contributed by atoms with Gasteiger partial charge in [0.15, 0.2) is 0 Å². The summed E-state index contributed by atoms with van der Waals surface area (Å²) in [5.74, 6) is 2.04. The number of nitrogens with zero attached hydrogens (tertiary/aromatic N) is 1. The smallest absolute Gasteiger partial charge is 0.321 e. The first-order chi connectivity index (χ1) is 13.6. The number of urea groups is 1. The summed E-state index contributed by atoms with van der Waals surface area (Å²) in [6.07, 6.45) is 0.306. The molecule has 0 heterocycles. The van der Waals surface area contributed by atoms with Crippen LogP contribution in [0, 0.1) is 0 Å². The van der Waals surface area contributed by atoms with Gasteiger partial charge in [0.05, 0.1) is 12.0 Å². The number of imide groups is 1. The lowest BCUT2D eigenvalue weighted by Gasteiger charge is -2.19. The van der Waals surface area contributed by atoms with Crippen LogP contribution in [-0.4, -0.2) is 47.7 Å². The number of likely N-dealkylation sites (N-methyl/N-ethyl adjacent to an activating group) is 1. The summed E-state index contributed by atoms with van der Waals surface area (Å²) in [7, 11) is 0.223. The number of ether oxygens (including phenoxy) is 2. The molecular formula is C19H23N3O5S. The van der Waals surface area contributed by atoms with Crippen molar-refractivity contribution >= 4 is 23.4 Å². The van der Waals surface area contributed by atoms with Crippen molar-refractivity contribution < 1.29 is 23.3 Å². The van der Waals surface area contributed by atoms with Crippen molar-refractivity contribution in [1.29, 1.82) is 0 Å². The Morgan fingerprint density at radius 3 is 2.18 bits per heavy atom. The average Bonchev–Trinajstić information content (AvgIpc) is 2.72. The predicted molar refractivity (Wildman–Crippen MR) is 106 cm³/mol. The van der Waals surface area contributed by atoms with E-state index in [9.17, 15) is 13.8 Å². The molecule has 0 radical (unpaired) electrons. The summed E-state index contributed by atoms with van der Waals surface area (Å²) in [5.41, 5.74) is 0. The minimum atomic E-state index is -1.38. The maximum atomic E-state index is 12.7. The van der Waals surface area contributed by atoms with Gasteiger partial charge in [-0.1, -0.05) is 6.92 Å². The first-order valence-electron chi connectivity index (χ1n) is 8.64. The van der Waals surface area contributed by atoms with E-state index in [1.54, 1.807) is 59.9 Å². The van der Waals surface area contributed by atoms with Crippen LogP contribution < -0.4 is 20.1 Å². The molecule has 9 heteroatoms. The largest absolute Gasteiger partial charge is 0.497 e. The summed E-state index contributed by atoms with van der Waals surface area (Å²) in [4.78, 5) is 22.0. The monoisotopic (exact) mass is 405 g/mol. The molecule has 0 aliphatic rings. The van der Waals surface area contributed by atoms with Crippen LogP contribution in [0.5, 0.6) is 17.2 Å². The van der Waals surface area contributed by atoms with E-state index in [4.69, 9.17) is 9.47 Å². The second-order valence-electron chi connectivity index (χ2n) is 5.54. The fraction of sp³-hybridized carbons (Fsp3) is 0.263. The number of nitrogens with one attached hydrogen (secondary N) is 2. The van der Waals surface area contributed by atoms with Gasteiger partial charge in [-0.05, 0) is 48.5 Å². The van der Waals surface area contributed by atoms with E-state index in [1.165, 1.54) is 0 Å². The Labute approximate surface area is 166 Å². The zero-order chi connectivity index (χ0) is 20.4. The van der Waals surface area contributed by atoms with Gasteiger partial charge in [-0.2, -0.15) is 0 Å². The molecule has 0 saturated heterocycles. The lowest BCUT2D eigenvalue weighted by molar-refractivity contribution is -0.108. The van der Waals surface area contributed by atoms with Crippen molar-refractivity contribution in [1.82, 2.24) is 14.9 Å². The lowest BCUT2D eigenvalue weighted by atomic mass is 10.3. The van der Waals surface area contributed by atoms with Gasteiger partial charge in [0.2, 0.25) is 6.41 Å². The molecule has 1 unspecified atom stereocenters. The van der Waals surface area contributed by atoms with E-state index in [1.807, 2.05) is 12.2 Å². The second kappa shape index (κ2) is 11.1. The topological polar surface area (TPSA) is 97.0 Å². The minimum Gasteiger partial charge on any atom is -0.497 e. The number of methoxy groups -OCH3 is 1. The number of rotatable bonds is 10. The van der Waals surface area contributed by atoms with Gasteiger partial charge >= 0.3 is 6.03 Å². The van der Waals surface area contributed by atoms with Gasteiger partial charge in [-0.3, -0.25) is 10.1 Å². The molecule has 2 aromatic carbocycles. The third-order valence-electron chi connectivity index (χ3n) is 3.74. The van der Waals surface area contributed by atoms with Crippen LogP contribution in [-0.2, 0) is 15.8 Å². The molecule has 3 amide bonds. The average molecular weight is 405 g/mol. The Bertz CT molecular complexity index is 796. The summed E-state index contributed by atoms with van der Waals surface area (Å²) in [6, 6.07) is 13.6. The van der Waals surface area contributed by atoms with Crippen LogP contribution in [0.3, 0.4) is 0 Å². The molecule has 0 spiro atoms. The van der Waals surface area contributed by atoms with Crippen molar-refractivity contribution in [2.24, 2.45) is 0 Å². The summed E-state index contributed by atoms with van der Waals surface area (Å²) >= 11 is 0. The van der Waals surface area contributed by atoms with Crippen LogP contribution in [0.15, 0.2) is 53.4 Å². The van der Waals surface area contributed by atoms with Crippen LogP contribution in [0.25, 0.3) is 0 Å². The van der Waals surface area contributed by atoms with E-state index in [-0.39, 0.29) is 6.54 Å². The van der Waals surface area contributed by atoms with Crippen LogP contribution >= 0.6 is 0 Å². The summed E-state index contributed by atoms with van der Waals surface area (Å²) in [6.45, 7) is 3.05. The van der Waals surface area contributed by atoms with Gasteiger partial charge in [0.25, 0.3) is 0 Å². The molecule has 0 bridgehead atoms. The van der Waals surface area contributed by atoms with Gasteiger partial charge in [0.1, 0.15) is 28.2 Å². The molecular weight excluding hydrogens is 382 g/mol. The third kappa shape index (κ3) is 6.36. The predicted octanol–water partition coefficient (Wildman–Crippen LogP) is 2.29. The zero-order valence-electron chi connectivity index (χ0n) is 15.7. The second-order valence-corrected chi connectivity index (χ2v) is 7.02. The van der Waals surface area contributed by atoms with Gasteiger partial charge < -0.3 is 14.8 Å². The molecule has 0 saturated carbocycles. The van der Waals surface area contributed by atoms with Gasteiger partial charge in [-0.25, -0.2) is 13.3 Å². The molecule has 1 atom stereocenters. The number of carbonyl (C=O) groups excluding carboxylic acids is 2. The summed E-state index contributed by atoms with van der Waals surface area (Å²) < 4.78 is 25.3. The Kier molecular flexibility index (Phi) is 8.44. The van der Waals surface area contributed by atoms with E-state index in [2.05, 4.69) is 5.32 Å². The number of benzene rings is 2. The van der Waals surface area contributed by atoms with Crippen LogP contribution in [0.2, 0.25) is 0 Å². The van der Waals surface area contributed by atoms with Crippen molar-refractivity contribution in [2.75, 3.05) is 26.7 Å². The SMILES string of the molecule is CCN(CCNC(=O)NC=O)S(=O)c1ccc(Oc2ccc(OC)cc2)cc1. The Morgan fingerprint density at radius 1 is 1.07 bits per heavy atom. The number of amides is 3. The van der Waals surface area contributed by atoms with E-state index < -0.39 is 17.0 Å².